The molecule has 0 saturated carbocycles. The number of esters is 1. The summed E-state index contributed by atoms with van der Waals surface area (Å²) in [4.78, 5) is 26.8. The van der Waals surface area contributed by atoms with Crippen LogP contribution in [0.25, 0.3) is 0 Å². The van der Waals surface area contributed by atoms with E-state index in [9.17, 15) is 9.59 Å². The maximum absolute atomic E-state index is 13.5. The van der Waals surface area contributed by atoms with Crippen LogP contribution < -0.4 is 5.32 Å². The Labute approximate surface area is 201 Å². The van der Waals surface area contributed by atoms with E-state index in [1.165, 1.54) is 0 Å². The van der Waals surface area contributed by atoms with Crippen LogP contribution in [0.1, 0.15) is 55.8 Å². The molecule has 1 aromatic carbocycles. The van der Waals surface area contributed by atoms with Gasteiger partial charge < -0.3 is 19.2 Å². The van der Waals surface area contributed by atoms with Gasteiger partial charge in [0.1, 0.15) is 12.4 Å². The van der Waals surface area contributed by atoms with E-state index in [-0.39, 0.29) is 24.4 Å². The van der Waals surface area contributed by atoms with Crippen molar-refractivity contribution in [2.24, 2.45) is 0 Å². The fourth-order valence-corrected chi connectivity index (χ4v) is 5.49. The van der Waals surface area contributed by atoms with Crippen molar-refractivity contribution < 1.29 is 23.5 Å². The van der Waals surface area contributed by atoms with Crippen LogP contribution in [0, 0.1) is 0 Å². The number of Topliss-reactive ketones (excluding diaryl/α,β-unsaturated/α-hetero) is 1. The summed E-state index contributed by atoms with van der Waals surface area (Å²) in [6.07, 6.45) is 4.44. The molecule has 1 aromatic heterocycles. The molecule has 7 heteroatoms. The SMILES string of the molecule is CC1=C(C(=O)OCC2CCCO2)C(c2cccc(Br)c2)C2=C(CC(c3ccco3)CC2=O)N1. The predicted molar refractivity (Wildman–Crippen MR) is 125 cm³/mol. The van der Waals surface area contributed by atoms with Crippen molar-refractivity contribution >= 4 is 27.7 Å². The number of carbonyl (C=O) groups excluding carboxylic acids is 2. The number of benzene rings is 1. The van der Waals surface area contributed by atoms with Crippen LogP contribution in [-0.2, 0) is 19.1 Å². The number of ketones is 1. The maximum Gasteiger partial charge on any atom is 0.336 e. The topological polar surface area (TPSA) is 77.8 Å². The number of dihydropyridines is 1. The number of allylic oxidation sites excluding steroid dienone is 3. The van der Waals surface area contributed by atoms with E-state index >= 15 is 0 Å². The molecule has 1 aliphatic carbocycles. The van der Waals surface area contributed by atoms with Gasteiger partial charge in [-0.05, 0) is 56.0 Å². The zero-order valence-corrected chi connectivity index (χ0v) is 20.0. The molecule has 1 fully saturated rings. The minimum Gasteiger partial charge on any atom is -0.469 e. The smallest absolute Gasteiger partial charge is 0.336 e. The molecule has 5 rings (SSSR count). The van der Waals surface area contributed by atoms with E-state index in [4.69, 9.17) is 13.9 Å². The Morgan fingerprint density at radius 1 is 1.24 bits per heavy atom. The second-order valence-corrected chi connectivity index (χ2v) is 9.74. The van der Waals surface area contributed by atoms with Gasteiger partial charge in [0.05, 0.1) is 17.9 Å². The average Bonchev–Trinajstić information content (AvgIpc) is 3.50. The first kappa shape index (κ1) is 22.2. The molecule has 1 saturated heterocycles. The van der Waals surface area contributed by atoms with Crippen LogP contribution in [0.2, 0.25) is 0 Å². The summed E-state index contributed by atoms with van der Waals surface area (Å²) < 4.78 is 17.8. The number of ether oxygens (including phenoxy) is 2. The molecular weight excluding hydrogens is 486 g/mol. The van der Waals surface area contributed by atoms with E-state index in [0.29, 0.717) is 36.3 Å². The van der Waals surface area contributed by atoms with Crippen molar-refractivity contribution in [3.05, 3.63) is 81.0 Å². The number of hydrogen-bond donors (Lipinski definition) is 1. The summed E-state index contributed by atoms with van der Waals surface area (Å²) in [7, 11) is 0. The lowest BCUT2D eigenvalue weighted by molar-refractivity contribution is -0.142. The molecule has 0 bridgehead atoms. The van der Waals surface area contributed by atoms with Crippen molar-refractivity contribution in [1.82, 2.24) is 5.32 Å². The Kier molecular flexibility index (Phi) is 6.25. The maximum atomic E-state index is 13.5. The fraction of sp³-hybridized carbons (Fsp3) is 0.385. The van der Waals surface area contributed by atoms with Gasteiger partial charge in [-0.25, -0.2) is 4.79 Å². The Hall–Kier alpha value is -2.64. The molecule has 6 nitrogen and oxygen atoms in total. The van der Waals surface area contributed by atoms with Gasteiger partial charge in [-0.2, -0.15) is 0 Å². The Morgan fingerprint density at radius 3 is 2.85 bits per heavy atom. The quantitative estimate of drug-likeness (QED) is 0.560. The second-order valence-electron chi connectivity index (χ2n) is 8.82. The summed E-state index contributed by atoms with van der Waals surface area (Å²) in [5.74, 6) is -0.0948. The Bertz CT molecular complexity index is 1130. The fourth-order valence-electron chi connectivity index (χ4n) is 5.08. The van der Waals surface area contributed by atoms with Crippen LogP contribution in [0.3, 0.4) is 0 Å². The number of hydrogen-bond acceptors (Lipinski definition) is 6. The highest BCUT2D eigenvalue weighted by Gasteiger charge is 2.42. The summed E-state index contributed by atoms with van der Waals surface area (Å²) in [5, 5.41) is 3.37. The summed E-state index contributed by atoms with van der Waals surface area (Å²) >= 11 is 3.54. The Morgan fingerprint density at radius 2 is 2.12 bits per heavy atom. The molecule has 2 aliphatic heterocycles. The average molecular weight is 512 g/mol. The van der Waals surface area contributed by atoms with Gasteiger partial charge in [0.2, 0.25) is 0 Å². The lowest BCUT2D eigenvalue weighted by atomic mass is 9.72. The van der Waals surface area contributed by atoms with Gasteiger partial charge in [0, 0.05) is 46.3 Å². The van der Waals surface area contributed by atoms with Gasteiger partial charge in [-0.15, -0.1) is 0 Å². The first-order valence-corrected chi connectivity index (χ1v) is 12.1. The molecule has 33 heavy (non-hydrogen) atoms. The third-order valence-electron chi connectivity index (χ3n) is 6.60. The molecule has 0 radical (unpaired) electrons. The number of halogens is 1. The molecule has 3 heterocycles. The lowest BCUT2D eigenvalue weighted by Gasteiger charge is -2.36. The molecule has 1 N–H and O–H groups in total. The second kappa shape index (κ2) is 9.31. The largest absolute Gasteiger partial charge is 0.469 e. The van der Waals surface area contributed by atoms with Crippen LogP contribution in [0.4, 0.5) is 0 Å². The zero-order chi connectivity index (χ0) is 22.9. The molecule has 2 aromatic rings. The Balaban J connectivity index is 1.50. The highest BCUT2D eigenvalue weighted by atomic mass is 79.9. The first-order valence-electron chi connectivity index (χ1n) is 11.3. The van der Waals surface area contributed by atoms with Crippen molar-refractivity contribution in [3.63, 3.8) is 0 Å². The minimum absolute atomic E-state index is 0.0204. The summed E-state index contributed by atoms with van der Waals surface area (Å²) in [6, 6.07) is 11.5. The van der Waals surface area contributed by atoms with Crippen molar-refractivity contribution in [3.8, 4) is 0 Å². The van der Waals surface area contributed by atoms with Crippen LogP contribution >= 0.6 is 15.9 Å². The van der Waals surface area contributed by atoms with Gasteiger partial charge in [0.15, 0.2) is 5.78 Å². The van der Waals surface area contributed by atoms with Gasteiger partial charge >= 0.3 is 5.97 Å². The minimum atomic E-state index is -0.485. The number of furan rings is 1. The van der Waals surface area contributed by atoms with Gasteiger partial charge in [-0.3, -0.25) is 4.79 Å². The highest BCUT2D eigenvalue weighted by molar-refractivity contribution is 9.10. The van der Waals surface area contributed by atoms with Crippen molar-refractivity contribution in [2.45, 2.75) is 50.5 Å². The third kappa shape index (κ3) is 4.44. The molecule has 172 valence electrons. The van der Waals surface area contributed by atoms with E-state index in [1.807, 2.05) is 43.3 Å². The van der Waals surface area contributed by atoms with E-state index < -0.39 is 11.9 Å². The van der Waals surface area contributed by atoms with E-state index in [0.717, 1.165) is 34.3 Å². The number of rotatable bonds is 5. The standard InChI is InChI=1S/C26H26BrNO5/c1-15-23(26(30)33-14-19-7-3-9-31-19)24(16-5-2-6-18(27)11-16)25-20(28-15)12-17(13-21(25)29)22-8-4-10-32-22/h2,4-6,8,10-11,17,19,24,28H,3,7,9,12-14H2,1H3. The lowest BCUT2D eigenvalue weighted by Crippen LogP contribution is -2.36. The van der Waals surface area contributed by atoms with E-state index in [2.05, 4.69) is 21.2 Å². The monoisotopic (exact) mass is 511 g/mol. The van der Waals surface area contributed by atoms with Crippen LogP contribution in [-0.4, -0.2) is 31.1 Å². The van der Waals surface area contributed by atoms with Crippen LogP contribution in [0.15, 0.2) is 74.1 Å². The summed E-state index contributed by atoms with van der Waals surface area (Å²) in [5.41, 5.74) is 3.57. The highest BCUT2D eigenvalue weighted by Crippen LogP contribution is 2.46. The zero-order valence-electron chi connectivity index (χ0n) is 18.4. The number of carbonyl (C=O) groups is 2. The van der Waals surface area contributed by atoms with Gasteiger partial charge in [-0.1, -0.05) is 28.1 Å². The molecule has 0 spiro atoms. The van der Waals surface area contributed by atoms with Crippen LogP contribution in [0.5, 0.6) is 0 Å². The molecule has 3 aliphatic rings. The molecule has 3 atom stereocenters. The normalized spacial score (nSPS) is 25.2. The molecular formula is C26H26BrNO5. The van der Waals surface area contributed by atoms with Crippen molar-refractivity contribution in [1.29, 1.82) is 0 Å². The molecule has 3 unspecified atom stereocenters. The number of nitrogens with one attached hydrogen (secondary N) is 1. The predicted octanol–water partition coefficient (Wildman–Crippen LogP) is 5.13. The molecule has 0 amide bonds. The van der Waals surface area contributed by atoms with Crippen molar-refractivity contribution in [2.75, 3.05) is 13.2 Å². The third-order valence-corrected chi connectivity index (χ3v) is 7.09. The van der Waals surface area contributed by atoms with Gasteiger partial charge in [0.25, 0.3) is 0 Å². The van der Waals surface area contributed by atoms with E-state index in [1.54, 1.807) is 6.26 Å². The summed E-state index contributed by atoms with van der Waals surface area (Å²) in [6.45, 7) is 2.80. The first-order chi connectivity index (χ1) is 16.0.